The number of carbonyl (C=O) groups is 1. The van der Waals surface area contributed by atoms with Gasteiger partial charge in [0, 0.05) is 15.7 Å². The lowest BCUT2D eigenvalue weighted by Gasteiger charge is -2.11. The number of halogens is 2. The standard InChI is InChI=1S/C17H18Cl2N2O2/c1-11-10-14(4-5-15(11)19)23-8-7-20-17(22)21-16-6-3-13(18)9-12(16)2/h3-6,9-10H,7-8H2,1-2H3,(H2,20,21,22). The molecule has 0 radical (unpaired) electrons. The van der Waals surface area contributed by atoms with Crippen molar-refractivity contribution in [2.24, 2.45) is 0 Å². The molecule has 0 spiro atoms. The highest BCUT2D eigenvalue weighted by molar-refractivity contribution is 6.31. The Hall–Kier alpha value is -1.91. The molecule has 0 aliphatic carbocycles. The van der Waals surface area contributed by atoms with Crippen LogP contribution in [0.4, 0.5) is 10.5 Å². The van der Waals surface area contributed by atoms with Crippen molar-refractivity contribution in [2.45, 2.75) is 13.8 Å². The van der Waals surface area contributed by atoms with Gasteiger partial charge in [-0.1, -0.05) is 23.2 Å². The summed E-state index contributed by atoms with van der Waals surface area (Å²) in [6.45, 7) is 4.55. The molecular weight excluding hydrogens is 335 g/mol. The maximum atomic E-state index is 11.8. The predicted octanol–water partition coefficient (Wildman–Crippen LogP) is 4.81. The molecule has 0 fully saturated rings. The third-order valence-corrected chi connectivity index (χ3v) is 3.88. The Morgan fingerprint density at radius 3 is 2.57 bits per heavy atom. The van der Waals surface area contributed by atoms with E-state index in [4.69, 9.17) is 27.9 Å². The third kappa shape index (κ3) is 5.34. The number of carbonyl (C=O) groups excluding carboxylic acids is 1. The fraction of sp³-hybridized carbons (Fsp3) is 0.235. The van der Waals surface area contributed by atoms with Crippen LogP contribution in [0.5, 0.6) is 5.75 Å². The van der Waals surface area contributed by atoms with Crippen LogP contribution in [0.1, 0.15) is 11.1 Å². The van der Waals surface area contributed by atoms with E-state index in [2.05, 4.69) is 10.6 Å². The van der Waals surface area contributed by atoms with E-state index in [9.17, 15) is 4.79 Å². The molecular formula is C17H18Cl2N2O2. The Balaban J connectivity index is 1.75. The van der Waals surface area contributed by atoms with Crippen molar-refractivity contribution in [3.63, 3.8) is 0 Å². The summed E-state index contributed by atoms with van der Waals surface area (Å²) in [4.78, 5) is 11.8. The zero-order valence-electron chi connectivity index (χ0n) is 13.0. The fourth-order valence-electron chi connectivity index (χ4n) is 1.97. The Bertz CT molecular complexity index is 705. The van der Waals surface area contributed by atoms with Gasteiger partial charge in [0.1, 0.15) is 12.4 Å². The Kier molecular flexibility index (Phi) is 6.13. The molecule has 0 heterocycles. The van der Waals surface area contributed by atoms with Crippen LogP contribution in [0.25, 0.3) is 0 Å². The normalized spacial score (nSPS) is 10.3. The predicted molar refractivity (Wildman–Crippen MR) is 94.9 cm³/mol. The second-order valence-electron chi connectivity index (χ2n) is 5.10. The minimum Gasteiger partial charge on any atom is -0.492 e. The number of amides is 2. The van der Waals surface area contributed by atoms with Gasteiger partial charge < -0.3 is 15.4 Å². The Labute approximate surface area is 145 Å². The smallest absolute Gasteiger partial charge is 0.319 e. The van der Waals surface area contributed by atoms with Gasteiger partial charge in [-0.05, 0) is 61.4 Å². The van der Waals surface area contributed by atoms with Crippen molar-refractivity contribution in [2.75, 3.05) is 18.5 Å². The number of hydrogen-bond donors (Lipinski definition) is 2. The van der Waals surface area contributed by atoms with Gasteiger partial charge in [-0.15, -0.1) is 0 Å². The van der Waals surface area contributed by atoms with E-state index in [0.717, 1.165) is 22.6 Å². The van der Waals surface area contributed by atoms with E-state index >= 15 is 0 Å². The lowest BCUT2D eigenvalue weighted by molar-refractivity contribution is 0.247. The molecule has 0 saturated heterocycles. The van der Waals surface area contributed by atoms with Gasteiger partial charge in [0.05, 0.1) is 6.54 Å². The largest absolute Gasteiger partial charge is 0.492 e. The molecule has 4 nitrogen and oxygen atoms in total. The number of rotatable bonds is 5. The zero-order chi connectivity index (χ0) is 16.8. The van der Waals surface area contributed by atoms with Crippen molar-refractivity contribution in [3.8, 4) is 5.75 Å². The molecule has 2 aromatic rings. The first kappa shape index (κ1) is 17.4. The molecule has 0 bridgehead atoms. The molecule has 122 valence electrons. The van der Waals surface area contributed by atoms with Gasteiger partial charge in [0.2, 0.25) is 0 Å². The molecule has 6 heteroatoms. The van der Waals surface area contributed by atoms with Crippen molar-refractivity contribution in [1.82, 2.24) is 5.32 Å². The average molecular weight is 353 g/mol. The molecule has 23 heavy (non-hydrogen) atoms. The summed E-state index contributed by atoms with van der Waals surface area (Å²) in [7, 11) is 0. The van der Waals surface area contributed by atoms with Gasteiger partial charge in [-0.3, -0.25) is 0 Å². The highest BCUT2D eigenvalue weighted by Crippen LogP contribution is 2.21. The summed E-state index contributed by atoms with van der Waals surface area (Å²) in [6, 6.07) is 10.5. The fourth-order valence-corrected chi connectivity index (χ4v) is 2.32. The molecule has 0 aromatic heterocycles. The first-order chi connectivity index (χ1) is 11.0. The van der Waals surface area contributed by atoms with E-state index in [1.807, 2.05) is 19.9 Å². The van der Waals surface area contributed by atoms with Crippen LogP contribution in [-0.4, -0.2) is 19.2 Å². The lowest BCUT2D eigenvalue weighted by atomic mass is 10.2. The minimum absolute atomic E-state index is 0.286. The van der Waals surface area contributed by atoms with E-state index in [-0.39, 0.29) is 6.03 Å². The van der Waals surface area contributed by atoms with Crippen LogP contribution in [0, 0.1) is 13.8 Å². The highest BCUT2D eigenvalue weighted by Gasteiger charge is 2.04. The van der Waals surface area contributed by atoms with Gasteiger partial charge >= 0.3 is 6.03 Å². The molecule has 0 aliphatic heterocycles. The maximum Gasteiger partial charge on any atom is 0.319 e. The summed E-state index contributed by atoms with van der Waals surface area (Å²) in [5.74, 6) is 0.725. The lowest BCUT2D eigenvalue weighted by Crippen LogP contribution is -2.32. The van der Waals surface area contributed by atoms with Gasteiger partial charge in [0.15, 0.2) is 0 Å². The molecule has 0 aliphatic rings. The summed E-state index contributed by atoms with van der Waals surface area (Å²) >= 11 is 11.8. The number of ether oxygens (including phenoxy) is 1. The number of hydrogen-bond acceptors (Lipinski definition) is 2. The van der Waals surface area contributed by atoms with Crippen molar-refractivity contribution in [3.05, 3.63) is 57.6 Å². The summed E-state index contributed by atoms with van der Waals surface area (Å²) in [5.41, 5.74) is 2.58. The van der Waals surface area contributed by atoms with Gasteiger partial charge in [0.25, 0.3) is 0 Å². The molecule has 0 saturated carbocycles. The van der Waals surface area contributed by atoms with E-state index in [1.54, 1.807) is 30.3 Å². The molecule has 0 atom stereocenters. The molecule has 2 rings (SSSR count). The third-order valence-electron chi connectivity index (χ3n) is 3.22. The van der Waals surface area contributed by atoms with Crippen LogP contribution in [0.15, 0.2) is 36.4 Å². The quantitative estimate of drug-likeness (QED) is 0.758. The molecule has 2 aromatic carbocycles. The van der Waals surface area contributed by atoms with Crippen LogP contribution in [-0.2, 0) is 0 Å². The number of nitrogens with one attached hydrogen (secondary N) is 2. The van der Waals surface area contributed by atoms with Crippen molar-refractivity contribution >= 4 is 34.9 Å². The van der Waals surface area contributed by atoms with Crippen LogP contribution in [0.2, 0.25) is 10.0 Å². The topological polar surface area (TPSA) is 50.4 Å². The summed E-state index contributed by atoms with van der Waals surface area (Å²) in [5, 5.41) is 6.85. The van der Waals surface area contributed by atoms with Crippen LogP contribution >= 0.6 is 23.2 Å². The SMILES string of the molecule is Cc1cc(OCCNC(=O)Nc2ccc(Cl)cc2C)ccc1Cl. The maximum absolute atomic E-state index is 11.8. The van der Waals surface area contributed by atoms with Gasteiger partial charge in [-0.2, -0.15) is 0 Å². The highest BCUT2D eigenvalue weighted by atomic mass is 35.5. The number of aryl methyl sites for hydroxylation is 2. The van der Waals surface area contributed by atoms with E-state index < -0.39 is 0 Å². The molecule has 2 amide bonds. The van der Waals surface area contributed by atoms with E-state index in [1.165, 1.54) is 0 Å². The van der Waals surface area contributed by atoms with Crippen LogP contribution < -0.4 is 15.4 Å². The second kappa shape index (κ2) is 8.09. The van der Waals surface area contributed by atoms with Crippen LogP contribution in [0.3, 0.4) is 0 Å². The Morgan fingerprint density at radius 1 is 1.09 bits per heavy atom. The number of benzene rings is 2. The first-order valence-corrected chi connectivity index (χ1v) is 7.91. The molecule has 0 unspecified atom stereocenters. The van der Waals surface area contributed by atoms with Crippen molar-refractivity contribution < 1.29 is 9.53 Å². The number of anilines is 1. The van der Waals surface area contributed by atoms with Gasteiger partial charge in [-0.25, -0.2) is 4.79 Å². The first-order valence-electron chi connectivity index (χ1n) is 7.15. The zero-order valence-corrected chi connectivity index (χ0v) is 14.5. The monoisotopic (exact) mass is 352 g/mol. The van der Waals surface area contributed by atoms with Crippen molar-refractivity contribution in [1.29, 1.82) is 0 Å². The number of urea groups is 1. The Morgan fingerprint density at radius 2 is 1.87 bits per heavy atom. The van der Waals surface area contributed by atoms with E-state index in [0.29, 0.717) is 23.2 Å². The summed E-state index contributed by atoms with van der Waals surface area (Å²) in [6.07, 6.45) is 0. The summed E-state index contributed by atoms with van der Waals surface area (Å²) < 4.78 is 5.56. The average Bonchev–Trinajstić information content (AvgIpc) is 2.50. The minimum atomic E-state index is -0.286. The molecule has 2 N–H and O–H groups in total. The second-order valence-corrected chi connectivity index (χ2v) is 5.94.